The summed E-state index contributed by atoms with van der Waals surface area (Å²) in [6.07, 6.45) is 0.317. The molecule has 0 aromatic carbocycles. The fourth-order valence-corrected chi connectivity index (χ4v) is 2.17. The van der Waals surface area contributed by atoms with E-state index >= 15 is 0 Å². The second-order valence-electron chi connectivity index (χ2n) is 5.12. The van der Waals surface area contributed by atoms with Crippen molar-refractivity contribution in [3.8, 4) is 0 Å². The molecule has 0 bridgehead atoms. The van der Waals surface area contributed by atoms with Crippen LogP contribution in [0, 0.1) is 0 Å². The lowest BCUT2D eigenvalue weighted by Crippen LogP contribution is -2.66. The summed E-state index contributed by atoms with van der Waals surface area (Å²) >= 11 is 0. The van der Waals surface area contributed by atoms with Crippen LogP contribution in [-0.2, 0) is 9.59 Å². The fourth-order valence-electron chi connectivity index (χ4n) is 2.17. The van der Waals surface area contributed by atoms with E-state index in [1.165, 1.54) is 16.8 Å². The first-order chi connectivity index (χ1) is 8.73. The molecule has 7 heteroatoms. The van der Waals surface area contributed by atoms with Gasteiger partial charge in [0.2, 0.25) is 5.91 Å². The smallest absolute Gasteiger partial charge is 0.326 e. The molecule has 1 unspecified atom stereocenters. The quantitative estimate of drug-likeness (QED) is 0.762. The van der Waals surface area contributed by atoms with Crippen molar-refractivity contribution >= 4 is 17.9 Å². The lowest BCUT2D eigenvalue weighted by Gasteiger charge is -2.43. The Labute approximate surface area is 112 Å². The SMILES string of the molecule is CCC(C(=O)O)N(C)C(=O)N1CCNC(=O)C1(C)C. The highest BCUT2D eigenvalue weighted by Gasteiger charge is 2.42. The van der Waals surface area contributed by atoms with Gasteiger partial charge in [-0.1, -0.05) is 6.92 Å². The summed E-state index contributed by atoms with van der Waals surface area (Å²) in [6, 6.07) is -1.32. The Hall–Kier alpha value is -1.79. The van der Waals surface area contributed by atoms with Crippen molar-refractivity contribution in [2.45, 2.75) is 38.8 Å². The normalized spacial score (nSPS) is 19.6. The van der Waals surface area contributed by atoms with Crippen LogP contribution >= 0.6 is 0 Å². The summed E-state index contributed by atoms with van der Waals surface area (Å²) in [5.74, 6) is -1.28. The molecule has 7 nitrogen and oxygen atoms in total. The minimum atomic E-state index is -1.04. The van der Waals surface area contributed by atoms with E-state index in [1.54, 1.807) is 20.8 Å². The van der Waals surface area contributed by atoms with Gasteiger partial charge in [0.05, 0.1) is 0 Å². The minimum Gasteiger partial charge on any atom is -0.480 e. The van der Waals surface area contributed by atoms with E-state index in [0.717, 1.165) is 0 Å². The molecule has 0 radical (unpaired) electrons. The third kappa shape index (κ3) is 2.80. The minimum absolute atomic E-state index is 0.233. The van der Waals surface area contributed by atoms with Crippen LogP contribution in [0.2, 0.25) is 0 Å². The first kappa shape index (κ1) is 15.3. The molecule has 19 heavy (non-hydrogen) atoms. The Bertz CT molecular complexity index is 394. The van der Waals surface area contributed by atoms with Crippen molar-refractivity contribution in [3.05, 3.63) is 0 Å². The highest BCUT2D eigenvalue weighted by atomic mass is 16.4. The number of nitrogens with zero attached hydrogens (tertiary/aromatic N) is 2. The van der Waals surface area contributed by atoms with Gasteiger partial charge in [-0.2, -0.15) is 0 Å². The molecule has 0 aromatic rings. The summed E-state index contributed by atoms with van der Waals surface area (Å²) in [5, 5.41) is 11.8. The maximum Gasteiger partial charge on any atom is 0.326 e. The molecule has 0 aliphatic carbocycles. The average Bonchev–Trinajstić information content (AvgIpc) is 2.32. The molecule has 3 amide bonds. The Morgan fingerprint density at radius 3 is 2.58 bits per heavy atom. The van der Waals surface area contributed by atoms with Gasteiger partial charge in [-0.15, -0.1) is 0 Å². The predicted molar refractivity (Wildman–Crippen MR) is 68.7 cm³/mol. The Morgan fingerprint density at radius 2 is 2.11 bits per heavy atom. The molecular formula is C12H21N3O4. The van der Waals surface area contributed by atoms with Crippen molar-refractivity contribution in [1.82, 2.24) is 15.1 Å². The molecule has 1 aliphatic rings. The topological polar surface area (TPSA) is 89.9 Å². The van der Waals surface area contributed by atoms with Gasteiger partial charge in [0, 0.05) is 20.1 Å². The van der Waals surface area contributed by atoms with E-state index in [0.29, 0.717) is 19.5 Å². The maximum absolute atomic E-state index is 12.4. The third-order valence-corrected chi connectivity index (χ3v) is 3.52. The van der Waals surface area contributed by atoms with Crippen molar-refractivity contribution in [2.75, 3.05) is 20.1 Å². The van der Waals surface area contributed by atoms with Gasteiger partial charge in [-0.3, -0.25) is 4.79 Å². The number of hydrogen-bond donors (Lipinski definition) is 2. The summed E-state index contributed by atoms with van der Waals surface area (Å²) in [6.45, 7) is 5.75. The van der Waals surface area contributed by atoms with Gasteiger partial charge in [0.15, 0.2) is 0 Å². The molecule has 1 fully saturated rings. The number of aliphatic carboxylic acids is 1. The maximum atomic E-state index is 12.4. The first-order valence-corrected chi connectivity index (χ1v) is 6.29. The lowest BCUT2D eigenvalue weighted by atomic mass is 9.99. The lowest BCUT2D eigenvalue weighted by molar-refractivity contribution is -0.142. The van der Waals surface area contributed by atoms with Crippen molar-refractivity contribution in [1.29, 1.82) is 0 Å². The first-order valence-electron chi connectivity index (χ1n) is 6.29. The number of carbonyl (C=O) groups excluding carboxylic acids is 2. The number of hydrogen-bond acceptors (Lipinski definition) is 3. The number of rotatable bonds is 3. The van der Waals surface area contributed by atoms with Crippen LogP contribution in [0.15, 0.2) is 0 Å². The average molecular weight is 271 g/mol. The number of urea groups is 1. The molecule has 1 saturated heterocycles. The van der Waals surface area contributed by atoms with E-state index in [1.807, 2.05) is 0 Å². The van der Waals surface area contributed by atoms with Gasteiger partial charge in [0.1, 0.15) is 11.6 Å². The van der Waals surface area contributed by atoms with E-state index in [-0.39, 0.29) is 5.91 Å². The van der Waals surface area contributed by atoms with Crippen molar-refractivity contribution in [3.63, 3.8) is 0 Å². The molecule has 1 rings (SSSR count). The molecule has 0 aromatic heterocycles. The molecule has 0 spiro atoms. The zero-order valence-electron chi connectivity index (χ0n) is 11.8. The summed E-state index contributed by atoms with van der Waals surface area (Å²) in [7, 11) is 1.45. The summed E-state index contributed by atoms with van der Waals surface area (Å²) in [5.41, 5.74) is -0.972. The van der Waals surface area contributed by atoms with E-state index in [4.69, 9.17) is 5.11 Å². The molecular weight excluding hydrogens is 250 g/mol. The van der Waals surface area contributed by atoms with E-state index < -0.39 is 23.6 Å². The standard InChI is InChI=1S/C12H21N3O4/c1-5-8(9(16)17)14(4)11(19)15-7-6-13-10(18)12(15,2)3/h8H,5-7H2,1-4H3,(H,13,18)(H,16,17). The van der Waals surface area contributed by atoms with Gasteiger partial charge in [-0.05, 0) is 20.3 Å². The number of carbonyl (C=O) groups is 3. The van der Waals surface area contributed by atoms with Crippen LogP contribution in [0.25, 0.3) is 0 Å². The largest absolute Gasteiger partial charge is 0.480 e. The van der Waals surface area contributed by atoms with Crippen molar-refractivity contribution < 1.29 is 19.5 Å². The Kier molecular flexibility index (Phi) is 4.39. The van der Waals surface area contributed by atoms with Crippen LogP contribution in [-0.4, -0.2) is 64.5 Å². The number of carboxylic acid groups (broad SMARTS) is 1. The van der Waals surface area contributed by atoms with Crippen molar-refractivity contribution in [2.24, 2.45) is 0 Å². The monoisotopic (exact) mass is 271 g/mol. The fraction of sp³-hybridized carbons (Fsp3) is 0.750. The van der Waals surface area contributed by atoms with Crippen LogP contribution < -0.4 is 5.32 Å². The Balaban J connectivity index is 2.92. The molecule has 1 heterocycles. The summed E-state index contributed by atoms with van der Waals surface area (Å²) in [4.78, 5) is 37.8. The zero-order chi connectivity index (χ0) is 14.8. The Morgan fingerprint density at radius 1 is 1.53 bits per heavy atom. The van der Waals surface area contributed by atoms with Gasteiger partial charge in [-0.25, -0.2) is 9.59 Å². The summed E-state index contributed by atoms with van der Waals surface area (Å²) < 4.78 is 0. The molecule has 2 N–H and O–H groups in total. The van der Waals surface area contributed by atoms with E-state index in [9.17, 15) is 14.4 Å². The number of carboxylic acids is 1. The number of nitrogens with one attached hydrogen (secondary N) is 1. The predicted octanol–water partition coefficient (Wildman–Crippen LogP) is 0.112. The van der Waals surface area contributed by atoms with Gasteiger partial charge < -0.3 is 20.2 Å². The van der Waals surface area contributed by atoms with Gasteiger partial charge >= 0.3 is 12.0 Å². The van der Waals surface area contributed by atoms with Crippen LogP contribution in [0.4, 0.5) is 4.79 Å². The number of amides is 3. The second kappa shape index (κ2) is 5.46. The number of likely N-dealkylation sites (N-methyl/N-ethyl adjacent to an activating group) is 1. The van der Waals surface area contributed by atoms with E-state index in [2.05, 4.69) is 5.32 Å². The highest BCUT2D eigenvalue weighted by molar-refractivity contribution is 5.92. The molecule has 108 valence electrons. The van der Waals surface area contributed by atoms with Gasteiger partial charge in [0.25, 0.3) is 0 Å². The zero-order valence-corrected chi connectivity index (χ0v) is 11.8. The van der Waals surface area contributed by atoms with Crippen LogP contribution in [0.1, 0.15) is 27.2 Å². The number of piperazine rings is 1. The molecule has 1 aliphatic heterocycles. The third-order valence-electron chi connectivity index (χ3n) is 3.52. The second-order valence-corrected chi connectivity index (χ2v) is 5.12. The van der Waals surface area contributed by atoms with Crippen LogP contribution in [0.3, 0.4) is 0 Å². The molecule has 1 atom stereocenters. The highest BCUT2D eigenvalue weighted by Crippen LogP contribution is 2.20. The van der Waals surface area contributed by atoms with Crippen LogP contribution in [0.5, 0.6) is 0 Å². The molecule has 0 saturated carbocycles.